The Bertz CT molecular complexity index is 815. The minimum Gasteiger partial charge on any atom is -0.481 e. The molecule has 6 nitrogen and oxygen atoms in total. The third-order valence-electron chi connectivity index (χ3n) is 4.85. The van der Waals surface area contributed by atoms with Crippen LogP contribution in [0.3, 0.4) is 0 Å². The summed E-state index contributed by atoms with van der Waals surface area (Å²) in [6.07, 6.45) is 3.44. The van der Waals surface area contributed by atoms with Gasteiger partial charge in [-0.3, -0.25) is 19.5 Å². The van der Waals surface area contributed by atoms with Gasteiger partial charge in [0, 0.05) is 37.9 Å². The normalized spacial score (nSPS) is 19.4. The summed E-state index contributed by atoms with van der Waals surface area (Å²) in [6.45, 7) is 1.16. The SMILES string of the molecule is CN(CC(=O)N1C[C@H](C(=O)O)[C@@H](c2cccc(F)c2)C1)Cc1cccnc1. The van der Waals surface area contributed by atoms with Crippen molar-refractivity contribution in [1.29, 1.82) is 0 Å². The molecule has 0 aliphatic carbocycles. The summed E-state index contributed by atoms with van der Waals surface area (Å²) >= 11 is 0. The number of likely N-dealkylation sites (tertiary alicyclic amines) is 1. The third-order valence-corrected chi connectivity index (χ3v) is 4.85. The van der Waals surface area contributed by atoms with E-state index in [1.54, 1.807) is 29.4 Å². The number of rotatable bonds is 6. The lowest BCUT2D eigenvalue weighted by Crippen LogP contribution is -2.38. The van der Waals surface area contributed by atoms with Crippen LogP contribution in [0.1, 0.15) is 17.0 Å². The molecule has 1 aliphatic heterocycles. The van der Waals surface area contributed by atoms with Crippen molar-refractivity contribution in [2.45, 2.75) is 12.5 Å². The molecule has 1 aromatic carbocycles. The van der Waals surface area contributed by atoms with Crippen LogP contribution in [0.2, 0.25) is 0 Å². The zero-order valence-corrected chi connectivity index (χ0v) is 15.1. The lowest BCUT2D eigenvalue weighted by Gasteiger charge is -2.21. The summed E-state index contributed by atoms with van der Waals surface area (Å²) in [5, 5.41) is 9.54. The van der Waals surface area contributed by atoms with Crippen molar-refractivity contribution in [2.75, 3.05) is 26.7 Å². The number of aromatic nitrogens is 1. The number of benzene rings is 1. The second-order valence-corrected chi connectivity index (χ2v) is 6.94. The average Bonchev–Trinajstić information content (AvgIpc) is 3.08. The first kappa shape index (κ1) is 19.0. The van der Waals surface area contributed by atoms with E-state index in [0.29, 0.717) is 12.1 Å². The molecule has 0 spiro atoms. The van der Waals surface area contributed by atoms with E-state index in [-0.39, 0.29) is 25.5 Å². The number of halogens is 1. The molecule has 2 atom stereocenters. The smallest absolute Gasteiger partial charge is 0.308 e. The number of carboxylic acid groups (broad SMARTS) is 1. The largest absolute Gasteiger partial charge is 0.481 e. The first-order chi connectivity index (χ1) is 12.9. The van der Waals surface area contributed by atoms with Gasteiger partial charge in [-0.25, -0.2) is 4.39 Å². The van der Waals surface area contributed by atoms with Gasteiger partial charge in [-0.05, 0) is 36.4 Å². The van der Waals surface area contributed by atoms with Gasteiger partial charge in [0.2, 0.25) is 5.91 Å². The van der Waals surface area contributed by atoms with Gasteiger partial charge in [-0.1, -0.05) is 18.2 Å². The fourth-order valence-corrected chi connectivity index (χ4v) is 3.52. The van der Waals surface area contributed by atoms with Crippen LogP contribution in [0.4, 0.5) is 4.39 Å². The fourth-order valence-electron chi connectivity index (χ4n) is 3.52. The summed E-state index contributed by atoms with van der Waals surface area (Å²) in [4.78, 5) is 31.8. The first-order valence-corrected chi connectivity index (χ1v) is 8.77. The van der Waals surface area contributed by atoms with Crippen LogP contribution in [-0.4, -0.2) is 58.4 Å². The Balaban J connectivity index is 1.66. The van der Waals surface area contributed by atoms with Gasteiger partial charge in [-0.2, -0.15) is 0 Å². The predicted octanol–water partition coefficient (Wildman–Crippen LogP) is 1.98. The highest BCUT2D eigenvalue weighted by Crippen LogP contribution is 2.33. The number of hydrogen-bond acceptors (Lipinski definition) is 4. The topological polar surface area (TPSA) is 73.7 Å². The molecule has 2 aromatic rings. The van der Waals surface area contributed by atoms with Gasteiger partial charge in [0.05, 0.1) is 12.5 Å². The molecule has 7 heteroatoms. The van der Waals surface area contributed by atoms with Crippen LogP contribution >= 0.6 is 0 Å². The van der Waals surface area contributed by atoms with Crippen molar-refractivity contribution in [2.24, 2.45) is 5.92 Å². The minimum atomic E-state index is -0.969. The highest BCUT2D eigenvalue weighted by molar-refractivity contribution is 5.81. The summed E-state index contributed by atoms with van der Waals surface area (Å²) in [5.41, 5.74) is 1.61. The molecule has 2 heterocycles. The number of carbonyl (C=O) groups is 2. The van der Waals surface area contributed by atoms with Gasteiger partial charge < -0.3 is 10.0 Å². The number of pyridine rings is 1. The molecule has 142 valence electrons. The molecule has 1 N–H and O–H groups in total. The van der Waals surface area contributed by atoms with Gasteiger partial charge in [0.25, 0.3) is 0 Å². The van der Waals surface area contributed by atoms with Crippen molar-refractivity contribution < 1.29 is 19.1 Å². The lowest BCUT2D eigenvalue weighted by molar-refractivity contribution is -0.141. The Morgan fingerprint density at radius 2 is 2.11 bits per heavy atom. The maximum atomic E-state index is 13.5. The fraction of sp³-hybridized carbons (Fsp3) is 0.350. The van der Waals surface area contributed by atoms with Crippen molar-refractivity contribution in [3.05, 3.63) is 65.7 Å². The Kier molecular flexibility index (Phi) is 5.81. The lowest BCUT2D eigenvalue weighted by atomic mass is 9.89. The molecule has 1 fully saturated rings. The number of nitrogens with zero attached hydrogens (tertiary/aromatic N) is 3. The number of likely N-dealkylation sites (N-methyl/N-ethyl adjacent to an activating group) is 1. The quantitative estimate of drug-likeness (QED) is 0.841. The number of carbonyl (C=O) groups excluding carboxylic acids is 1. The van der Waals surface area contributed by atoms with E-state index in [1.807, 2.05) is 24.1 Å². The Morgan fingerprint density at radius 1 is 1.30 bits per heavy atom. The van der Waals surface area contributed by atoms with Crippen LogP contribution in [0, 0.1) is 11.7 Å². The van der Waals surface area contributed by atoms with Crippen LogP contribution in [0.15, 0.2) is 48.8 Å². The van der Waals surface area contributed by atoms with E-state index in [2.05, 4.69) is 4.98 Å². The van der Waals surface area contributed by atoms with Crippen molar-refractivity contribution >= 4 is 11.9 Å². The molecular weight excluding hydrogens is 349 g/mol. The zero-order valence-electron chi connectivity index (χ0n) is 15.1. The molecule has 1 aromatic heterocycles. The number of amides is 1. The molecule has 1 aliphatic rings. The van der Waals surface area contributed by atoms with Crippen LogP contribution in [0.25, 0.3) is 0 Å². The summed E-state index contributed by atoms with van der Waals surface area (Å²) < 4.78 is 13.5. The maximum Gasteiger partial charge on any atom is 0.308 e. The van der Waals surface area contributed by atoms with E-state index in [1.165, 1.54) is 12.1 Å². The van der Waals surface area contributed by atoms with E-state index in [4.69, 9.17) is 0 Å². The molecule has 0 bridgehead atoms. The van der Waals surface area contributed by atoms with Crippen LogP contribution in [0.5, 0.6) is 0 Å². The summed E-state index contributed by atoms with van der Waals surface area (Å²) in [6, 6.07) is 9.73. The molecule has 27 heavy (non-hydrogen) atoms. The van der Waals surface area contributed by atoms with Crippen molar-refractivity contribution in [1.82, 2.24) is 14.8 Å². The van der Waals surface area contributed by atoms with Gasteiger partial charge in [0.15, 0.2) is 0 Å². The first-order valence-electron chi connectivity index (χ1n) is 8.77. The highest BCUT2D eigenvalue weighted by atomic mass is 19.1. The predicted molar refractivity (Wildman–Crippen MR) is 97.4 cm³/mol. The summed E-state index contributed by atoms with van der Waals surface area (Å²) in [7, 11) is 1.83. The highest BCUT2D eigenvalue weighted by Gasteiger charge is 2.40. The molecule has 0 radical (unpaired) electrons. The number of aliphatic carboxylic acids is 1. The number of hydrogen-bond donors (Lipinski definition) is 1. The average molecular weight is 371 g/mol. The van der Waals surface area contributed by atoms with E-state index >= 15 is 0 Å². The molecule has 0 unspecified atom stereocenters. The van der Waals surface area contributed by atoms with E-state index < -0.39 is 23.6 Å². The Labute approximate surface area is 157 Å². The Hall–Kier alpha value is -2.80. The molecular formula is C20H22FN3O3. The second-order valence-electron chi connectivity index (χ2n) is 6.94. The Morgan fingerprint density at radius 3 is 2.78 bits per heavy atom. The van der Waals surface area contributed by atoms with E-state index in [0.717, 1.165) is 5.56 Å². The van der Waals surface area contributed by atoms with Crippen LogP contribution in [-0.2, 0) is 16.1 Å². The molecule has 1 saturated heterocycles. The summed E-state index contributed by atoms with van der Waals surface area (Å²) in [5.74, 6) is -2.66. The third kappa shape index (κ3) is 4.68. The van der Waals surface area contributed by atoms with Gasteiger partial charge in [0.1, 0.15) is 5.82 Å². The standard InChI is InChI=1S/C20H22FN3O3/c1-23(10-14-4-3-7-22-9-14)13-19(25)24-11-17(18(12-24)20(26)27)15-5-2-6-16(21)8-15/h2-9,17-18H,10-13H2,1H3,(H,26,27)/t17-,18+/m1/s1. The van der Waals surface area contributed by atoms with E-state index in [9.17, 15) is 19.1 Å². The molecule has 1 amide bonds. The molecule has 0 saturated carbocycles. The van der Waals surface area contributed by atoms with Gasteiger partial charge >= 0.3 is 5.97 Å². The second kappa shape index (κ2) is 8.26. The minimum absolute atomic E-state index is 0.133. The van der Waals surface area contributed by atoms with Crippen LogP contribution < -0.4 is 0 Å². The molecule has 3 rings (SSSR count). The zero-order chi connectivity index (χ0) is 19.4. The van der Waals surface area contributed by atoms with Crippen molar-refractivity contribution in [3.63, 3.8) is 0 Å². The van der Waals surface area contributed by atoms with Crippen molar-refractivity contribution in [3.8, 4) is 0 Å². The maximum absolute atomic E-state index is 13.5. The monoisotopic (exact) mass is 371 g/mol. The number of carboxylic acids is 1. The van der Waals surface area contributed by atoms with Gasteiger partial charge in [-0.15, -0.1) is 0 Å².